The third-order valence-electron chi connectivity index (χ3n) is 3.23. The molecule has 4 heteroatoms. The standard InChI is InChI=1S/C13H19N3O/c1-14-8-6-13(17)16-9-3-5-12(16)11-4-2-7-15-10-11/h2,4,7,10,12,14H,3,5-6,8-9H2,1H3. The van der Waals surface area contributed by atoms with Gasteiger partial charge in [-0.1, -0.05) is 6.07 Å². The van der Waals surface area contributed by atoms with Gasteiger partial charge < -0.3 is 10.2 Å². The predicted molar refractivity (Wildman–Crippen MR) is 66.5 cm³/mol. The van der Waals surface area contributed by atoms with Crippen LogP contribution in [0.3, 0.4) is 0 Å². The van der Waals surface area contributed by atoms with E-state index in [9.17, 15) is 4.79 Å². The molecule has 0 radical (unpaired) electrons. The zero-order chi connectivity index (χ0) is 12.1. The molecule has 1 aromatic heterocycles. The highest BCUT2D eigenvalue weighted by Gasteiger charge is 2.29. The van der Waals surface area contributed by atoms with Crippen LogP contribution in [-0.4, -0.2) is 35.9 Å². The maximum atomic E-state index is 12.1. The van der Waals surface area contributed by atoms with E-state index >= 15 is 0 Å². The fourth-order valence-corrected chi connectivity index (χ4v) is 2.36. The first-order chi connectivity index (χ1) is 8.33. The molecule has 1 aliphatic heterocycles. The van der Waals surface area contributed by atoms with E-state index in [1.165, 1.54) is 0 Å². The minimum Gasteiger partial charge on any atom is -0.336 e. The Kier molecular flexibility index (Phi) is 4.09. The average Bonchev–Trinajstić information content (AvgIpc) is 2.86. The average molecular weight is 233 g/mol. The lowest BCUT2D eigenvalue weighted by Crippen LogP contribution is -2.32. The summed E-state index contributed by atoms with van der Waals surface area (Å²) in [6.45, 7) is 1.62. The molecule has 17 heavy (non-hydrogen) atoms. The van der Waals surface area contributed by atoms with E-state index in [1.54, 1.807) is 6.20 Å². The molecule has 1 unspecified atom stereocenters. The van der Waals surface area contributed by atoms with Crippen molar-refractivity contribution >= 4 is 5.91 Å². The Balaban J connectivity index is 2.05. The number of likely N-dealkylation sites (tertiary alicyclic amines) is 1. The van der Waals surface area contributed by atoms with Crippen molar-refractivity contribution in [1.82, 2.24) is 15.2 Å². The second-order valence-electron chi connectivity index (χ2n) is 4.39. The van der Waals surface area contributed by atoms with Crippen LogP contribution in [0.5, 0.6) is 0 Å². The summed E-state index contributed by atoms with van der Waals surface area (Å²) in [6.07, 6.45) is 6.36. The number of rotatable bonds is 4. The Morgan fingerprint density at radius 2 is 2.53 bits per heavy atom. The molecule has 2 heterocycles. The number of nitrogens with one attached hydrogen (secondary N) is 1. The molecule has 2 rings (SSSR count). The van der Waals surface area contributed by atoms with Gasteiger partial charge in [-0.3, -0.25) is 9.78 Å². The highest BCUT2D eigenvalue weighted by Crippen LogP contribution is 2.31. The molecular formula is C13H19N3O. The van der Waals surface area contributed by atoms with Crippen molar-refractivity contribution in [2.75, 3.05) is 20.1 Å². The van der Waals surface area contributed by atoms with Gasteiger partial charge in [0.05, 0.1) is 6.04 Å². The van der Waals surface area contributed by atoms with Gasteiger partial charge in [0, 0.05) is 31.9 Å². The first-order valence-corrected chi connectivity index (χ1v) is 6.17. The first kappa shape index (κ1) is 12.0. The van der Waals surface area contributed by atoms with E-state index in [0.717, 1.165) is 31.5 Å². The third-order valence-corrected chi connectivity index (χ3v) is 3.23. The van der Waals surface area contributed by atoms with Crippen LogP contribution in [0.15, 0.2) is 24.5 Å². The molecule has 4 nitrogen and oxygen atoms in total. The molecular weight excluding hydrogens is 214 g/mol. The van der Waals surface area contributed by atoms with Crippen molar-refractivity contribution in [1.29, 1.82) is 0 Å². The summed E-state index contributed by atoms with van der Waals surface area (Å²) in [5.41, 5.74) is 1.16. The van der Waals surface area contributed by atoms with Crippen LogP contribution < -0.4 is 5.32 Å². The minimum atomic E-state index is 0.230. The predicted octanol–water partition coefficient (Wildman–Crippen LogP) is 1.35. The van der Waals surface area contributed by atoms with Gasteiger partial charge in [-0.15, -0.1) is 0 Å². The molecule has 1 aromatic rings. The lowest BCUT2D eigenvalue weighted by atomic mass is 10.1. The van der Waals surface area contributed by atoms with E-state index in [-0.39, 0.29) is 11.9 Å². The van der Waals surface area contributed by atoms with E-state index in [4.69, 9.17) is 0 Å². The summed E-state index contributed by atoms with van der Waals surface area (Å²) in [7, 11) is 1.87. The van der Waals surface area contributed by atoms with Crippen LogP contribution in [0.25, 0.3) is 0 Å². The molecule has 1 saturated heterocycles. The number of hydrogen-bond acceptors (Lipinski definition) is 3. The van der Waals surface area contributed by atoms with Gasteiger partial charge >= 0.3 is 0 Å². The number of carbonyl (C=O) groups excluding carboxylic acids is 1. The maximum absolute atomic E-state index is 12.1. The quantitative estimate of drug-likeness (QED) is 0.854. The van der Waals surface area contributed by atoms with Gasteiger partial charge in [-0.2, -0.15) is 0 Å². The molecule has 0 saturated carbocycles. The Morgan fingerprint density at radius 3 is 3.24 bits per heavy atom. The van der Waals surface area contributed by atoms with E-state index in [0.29, 0.717) is 6.42 Å². The fourth-order valence-electron chi connectivity index (χ4n) is 2.36. The lowest BCUT2D eigenvalue weighted by Gasteiger charge is -2.24. The Morgan fingerprint density at radius 1 is 1.65 bits per heavy atom. The second-order valence-corrected chi connectivity index (χ2v) is 4.39. The summed E-state index contributed by atoms with van der Waals surface area (Å²) in [6, 6.07) is 4.22. The highest BCUT2D eigenvalue weighted by atomic mass is 16.2. The smallest absolute Gasteiger partial charge is 0.224 e. The summed E-state index contributed by atoms with van der Waals surface area (Å²) in [4.78, 5) is 18.2. The van der Waals surface area contributed by atoms with Crippen molar-refractivity contribution < 1.29 is 4.79 Å². The topological polar surface area (TPSA) is 45.2 Å². The summed E-state index contributed by atoms with van der Waals surface area (Å²) in [5.74, 6) is 0.241. The number of aromatic nitrogens is 1. The number of amides is 1. The number of nitrogens with zero attached hydrogens (tertiary/aromatic N) is 2. The van der Waals surface area contributed by atoms with Gasteiger partial charge in [0.15, 0.2) is 0 Å². The molecule has 0 aliphatic carbocycles. The van der Waals surface area contributed by atoms with Crippen molar-refractivity contribution in [2.45, 2.75) is 25.3 Å². The van der Waals surface area contributed by atoms with E-state index < -0.39 is 0 Å². The Labute approximate surface area is 102 Å². The highest BCUT2D eigenvalue weighted by molar-refractivity contribution is 5.77. The maximum Gasteiger partial charge on any atom is 0.224 e. The van der Waals surface area contributed by atoms with Crippen LogP contribution >= 0.6 is 0 Å². The molecule has 0 aromatic carbocycles. The van der Waals surface area contributed by atoms with Gasteiger partial charge in [0.1, 0.15) is 0 Å². The van der Waals surface area contributed by atoms with Crippen LogP contribution in [0.4, 0.5) is 0 Å². The van der Waals surface area contributed by atoms with Gasteiger partial charge in [-0.25, -0.2) is 0 Å². The molecule has 0 bridgehead atoms. The zero-order valence-electron chi connectivity index (χ0n) is 10.2. The van der Waals surface area contributed by atoms with Crippen molar-refractivity contribution in [2.24, 2.45) is 0 Å². The van der Waals surface area contributed by atoms with Crippen LogP contribution in [0, 0.1) is 0 Å². The van der Waals surface area contributed by atoms with Crippen LogP contribution in [-0.2, 0) is 4.79 Å². The molecule has 0 spiro atoms. The zero-order valence-corrected chi connectivity index (χ0v) is 10.2. The van der Waals surface area contributed by atoms with Gasteiger partial charge in [-0.05, 0) is 31.5 Å². The third kappa shape index (κ3) is 2.82. The van der Waals surface area contributed by atoms with E-state index in [1.807, 2.05) is 24.2 Å². The lowest BCUT2D eigenvalue weighted by molar-refractivity contribution is -0.132. The van der Waals surface area contributed by atoms with Gasteiger partial charge in [0.25, 0.3) is 0 Å². The largest absolute Gasteiger partial charge is 0.336 e. The van der Waals surface area contributed by atoms with Crippen LogP contribution in [0.2, 0.25) is 0 Å². The number of pyridine rings is 1. The van der Waals surface area contributed by atoms with Gasteiger partial charge in [0.2, 0.25) is 5.91 Å². The summed E-state index contributed by atoms with van der Waals surface area (Å²) < 4.78 is 0. The molecule has 1 fully saturated rings. The number of hydrogen-bond donors (Lipinski definition) is 1. The second kappa shape index (κ2) is 5.77. The van der Waals surface area contributed by atoms with Crippen molar-refractivity contribution in [3.8, 4) is 0 Å². The molecule has 92 valence electrons. The molecule has 1 N–H and O–H groups in total. The fraction of sp³-hybridized carbons (Fsp3) is 0.538. The van der Waals surface area contributed by atoms with Crippen LogP contribution in [0.1, 0.15) is 30.9 Å². The van der Waals surface area contributed by atoms with Crippen molar-refractivity contribution in [3.05, 3.63) is 30.1 Å². The normalized spacial score (nSPS) is 19.6. The monoisotopic (exact) mass is 233 g/mol. The summed E-state index contributed by atoms with van der Waals surface area (Å²) in [5, 5.41) is 3.02. The molecule has 1 aliphatic rings. The van der Waals surface area contributed by atoms with E-state index in [2.05, 4.69) is 16.4 Å². The Hall–Kier alpha value is -1.42. The molecule has 1 amide bonds. The minimum absolute atomic E-state index is 0.230. The molecule has 1 atom stereocenters. The van der Waals surface area contributed by atoms with Crippen molar-refractivity contribution in [3.63, 3.8) is 0 Å². The number of carbonyl (C=O) groups is 1. The SMILES string of the molecule is CNCCC(=O)N1CCCC1c1cccnc1. The first-order valence-electron chi connectivity index (χ1n) is 6.17. The Bertz CT molecular complexity index is 366. The summed E-state index contributed by atoms with van der Waals surface area (Å²) >= 11 is 0.